The van der Waals surface area contributed by atoms with Gasteiger partial charge in [0.2, 0.25) is 4.69 Å². The summed E-state index contributed by atoms with van der Waals surface area (Å²) in [5, 5.41) is 0.857. The molecule has 1 rings (SSSR count). The highest BCUT2D eigenvalue weighted by Crippen LogP contribution is 2.09. The molecule has 1 nitrogen and oxygen atoms in total. The molecular formula is C9H8Br2O. The Hall–Kier alpha value is -0.150. The molecule has 0 aliphatic rings. The van der Waals surface area contributed by atoms with Gasteiger partial charge in [-0.2, -0.15) is 0 Å². The van der Waals surface area contributed by atoms with E-state index in [0.717, 1.165) is 10.9 Å². The number of carbonyl (C=O) groups is 1. The van der Waals surface area contributed by atoms with Gasteiger partial charge in [0.1, 0.15) is 0 Å². The van der Waals surface area contributed by atoms with Crippen LogP contribution in [0.3, 0.4) is 0 Å². The third-order valence-electron chi connectivity index (χ3n) is 1.52. The summed E-state index contributed by atoms with van der Waals surface area (Å²) in [6, 6.07) is 7.96. The van der Waals surface area contributed by atoms with Crippen molar-refractivity contribution in [3.63, 3.8) is 0 Å². The normalized spacial score (nSPS) is 9.83. The van der Waals surface area contributed by atoms with Gasteiger partial charge in [0.05, 0.1) is 0 Å². The van der Waals surface area contributed by atoms with Gasteiger partial charge in [-0.15, -0.1) is 0 Å². The summed E-state index contributed by atoms with van der Waals surface area (Å²) >= 11 is 6.26. The molecule has 0 N–H and O–H groups in total. The third-order valence-corrected chi connectivity index (χ3v) is 2.45. The van der Waals surface area contributed by atoms with E-state index in [2.05, 4.69) is 31.9 Å². The van der Waals surface area contributed by atoms with Crippen molar-refractivity contribution in [1.82, 2.24) is 0 Å². The van der Waals surface area contributed by atoms with Crippen molar-refractivity contribution in [3.05, 3.63) is 35.4 Å². The average Bonchev–Trinajstić information content (AvgIpc) is 2.05. The van der Waals surface area contributed by atoms with Crippen LogP contribution in [-0.4, -0.2) is 4.69 Å². The maximum atomic E-state index is 10.7. The minimum absolute atomic E-state index is 0.0223. The zero-order valence-corrected chi connectivity index (χ0v) is 9.56. The van der Waals surface area contributed by atoms with Crippen molar-refractivity contribution < 1.29 is 4.79 Å². The van der Waals surface area contributed by atoms with Crippen LogP contribution < -0.4 is 0 Å². The van der Waals surface area contributed by atoms with Crippen LogP contribution in [0.2, 0.25) is 0 Å². The highest BCUT2D eigenvalue weighted by Gasteiger charge is 1.98. The molecule has 1 aromatic rings. The van der Waals surface area contributed by atoms with Gasteiger partial charge in [0, 0.05) is 11.8 Å². The quantitative estimate of drug-likeness (QED) is 0.618. The van der Waals surface area contributed by atoms with Crippen molar-refractivity contribution in [2.24, 2.45) is 0 Å². The smallest absolute Gasteiger partial charge is 0.202 e. The van der Waals surface area contributed by atoms with Crippen LogP contribution in [0.1, 0.15) is 11.1 Å². The van der Waals surface area contributed by atoms with E-state index >= 15 is 0 Å². The van der Waals surface area contributed by atoms with E-state index in [1.54, 1.807) is 0 Å². The predicted octanol–water partition coefficient (Wildman–Crippen LogP) is 3.05. The van der Waals surface area contributed by atoms with E-state index < -0.39 is 0 Å². The fraction of sp³-hybridized carbons (Fsp3) is 0.222. The van der Waals surface area contributed by atoms with E-state index in [4.69, 9.17) is 0 Å². The first-order valence-electron chi connectivity index (χ1n) is 3.54. The number of alkyl halides is 1. The Bertz CT molecular complexity index is 266. The minimum Gasteiger partial charge on any atom is -0.286 e. The van der Waals surface area contributed by atoms with E-state index in [1.807, 2.05) is 24.3 Å². The number of hydrogen-bond donors (Lipinski definition) is 0. The van der Waals surface area contributed by atoms with Crippen LogP contribution in [0, 0.1) is 0 Å². The minimum atomic E-state index is 0.0223. The number of benzene rings is 1. The molecule has 3 heteroatoms. The molecule has 0 atom stereocenters. The Morgan fingerprint density at radius 1 is 1.17 bits per heavy atom. The lowest BCUT2D eigenvalue weighted by molar-refractivity contribution is -0.109. The highest BCUT2D eigenvalue weighted by molar-refractivity contribution is 9.18. The van der Waals surface area contributed by atoms with Gasteiger partial charge in [0.15, 0.2) is 0 Å². The predicted molar refractivity (Wildman–Crippen MR) is 56.7 cm³/mol. The Morgan fingerprint density at radius 3 is 2.08 bits per heavy atom. The zero-order chi connectivity index (χ0) is 8.97. The molecule has 0 aliphatic carbocycles. The molecule has 1 aromatic carbocycles. The summed E-state index contributed by atoms with van der Waals surface area (Å²) in [7, 11) is 0. The van der Waals surface area contributed by atoms with Crippen LogP contribution in [0.5, 0.6) is 0 Å². The first-order chi connectivity index (χ1) is 5.72. The molecular weight excluding hydrogens is 284 g/mol. The molecule has 0 aliphatic heterocycles. The molecule has 0 saturated heterocycles. The summed E-state index contributed by atoms with van der Waals surface area (Å²) in [6.45, 7) is 0. The van der Waals surface area contributed by atoms with E-state index in [9.17, 15) is 4.79 Å². The van der Waals surface area contributed by atoms with Crippen molar-refractivity contribution in [2.75, 3.05) is 0 Å². The number of halogens is 2. The summed E-state index contributed by atoms with van der Waals surface area (Å²) in [5.74, 6) is 0. The molecule has 12 heavy (non-hydrogen) atoms. The summed E-state index contributed by atoms with van der Waals surface area (Å²) < 4.78 is 0.0223. The van der Waals surface area contributed by atoms with Gasteiger partial charge in [0.25, 0.3) is 0 Å². The Labute approximate surface area is 88.4 Å². The number of hydrogen-bond acceptors (Lipinski definition) is 1. The molecule has 0 heterocycles. The fourth-order valence-electron chi connectivity index (χ4n) is 0.907. The first-order valence-corrected chi connectivity index (χ1v) is 5.46. The van der Waals surface area contributed by atoms with Crippen LogP contribution in [-0.2, 0) is 16.5 Å². The van der Waals surface area contributed by atoms with E-state index in [0.29, 0.717) is 6.42 Å². The van der Waals surface area contributed by atoms with E-state index in [-0.39, 0.29) is 4.69 Å². The molecule has 64 valence electrons. The Balaban J connectivity index is 2.71. The van der Waals surface area contributed by atoms with E-state index in [1.165, 1.54) is 5.56 Å². The standard InChI is InChI=1S/C9H8Br2O/c10-6-8-3-1-7(2-4-8)5-9(11)12/h1-4H,5-6H2. The molecule has 0 bridgehead atoms. The van der Waals surface area contributed by atoms with Gasteiger partial charge < -0.3 is 0 Å². The summed E-state index contributed by atoms with van der Waals surface area (Å²) in [5.41, 5.74) is 2.27. The molecule has 0 amide bonds. The van der Waals surface area contributed by atoms with Gasteiger partial charge in [-0.05, 0) is 27.1 Å². The molecule has 0 unspecified atom stereocenters. The Kier molecular flexibility index (Phi) is 3.95. The maximum Gasteiger partial charge on any atom is 0.202 e. The summed E-state index contributed by atoms with van der Waals surface area (Å²) in [4.78, 5) is 10.7. The summed E-state index contributed by atoms with van der Waals surface area (Å²) in [6.07, 6.45) is 0.461. The fourth-order valence-corrected chi connectivity index (χ4v) is 1.60. The topological polar surface area (TPSA) is 17.1 Å². The lowest BCUT2D eigenvalue weighted by Gasteiger charge is -1.98. The van der Waals surface area contributed by atoms with Gasteiger partial charge >= 0.3 is 0 Å². The van der Waals surface area contributed by atoms with Crippen LogP contribution >= 0.6 is 31.9 Å². The molecule has 0 saturated carbocycles. The third kappa shape index (κ3) is 3.07. The molecule has 0 radical (unpaired) electrons. The maximum absolute atomic E-state index is 10.7. The van der Waals surface area contributed by atoms with Crippen LogP contribution in [0.4, 0.5) is 0 Å². The van der Waals surface area contributed by atoms with Crippen molar-refractivity contribution >= 4 is 36.6 Å². The first kappa shape index (κ1) is 9.93. The largest absolute Gasteiger partial charge is 0.286 e. The lowest BCUT2D eigenvalue weighted by Crippen LogP contribution is -1.92. The van der Waals surface area contributed by atoms with Gasteiger partial charge in [-0.1, -0.05) is 40.2 Å². The van der Waals surface area contributed by atoms with Gasteiger partial charge in [-0.3, -0.25) is 4.79 Å². The Morgan fingerprint density at radius 2 is 1.67 bits per heavy atom. The van der Waals surface area contributed by atoms with Crippen molar-refractivity contribution in [2.45, 2.75) is 11.8 Å². The van der Waals surface area contributed by atoms with Crippen molar-refractivity contribution in [1.29, 1.82) is 0 Å². The second kappa shape index (κ2) is 4.77. The lowest BCUT2D eigenvalue weighted by atomic mass is 10.1. The van der Waals surface area contributed by atoms with Crippen LogP contribution in [0.25, 0.3) is 0 Å². The number of rotatable bonds is 3. The molecule has 0 aromatic heterocycles. The molecule has 0 spiro atoms. The zero-order valence-electron chi connectivity index (χ0n) is 6.39. The number of carbonyl (C=O) groups excluding carboxylic acids is 1. The van der Waals surface area contributed by atoms with Gasteiger partial charge in [-0.25, -0.2) is 0 Å². The second-order valence-electron chi connectivity index (χ2n) is 2.48. The van der Waals surface area contributed by atoms with Crippen molar-refractivity contribution in [3.8, 4) is 0 Å². The highest BCUT2D eigenvalue weighted by atomic mass is 79.9. The second-order valence-corrected chi connectivity index (χ2v) is 3.93. The SMILES string of the molecule is O=C(Br)Cc1ccc(CBr)cc1. The average molecular weight is 292 g/mol. The van der Waals surface area contributed by atoms with Crippen LogP contribution in [0.15, 0.2) is 24.3 Å². The molecule has 0 fully saturated rings. The monoisotopic (exact) mass is 290 g/mol.